The van der Waals surface area contributed by atoms with Gasteiger partial charge in [0, 0.05) is 27.7 Å². The molecule has 0 saturated heterocycles. The molecule has 0 bridgehead atoms. The Morgan fingerprint density at radius 1 is 0.923 bits per heavy atom. The number of nitrogens with one attached hydrogen (secondary N) is 3. The third-order valence-electron chi connectivity index (χ3n) is 6.38. The molecule has 0 unspecified atom stereocenters. The number of methoxy groups -OCH3 is 2. The van der Waals surface area contributed by atoms with Gasteiger partial charge < -0.3 is 25.4 Å². The van der Waals surface area contributed by atoms with E-state index >= 15 is 0 Å². The molecule has 0 spiro atoms. The monoisotopic (exact) mass is 543 g/mol. The molecular formula is C29H26ClN5O4. The van der Waals surface area contributed by atoms with Crippen molar-refractivity contribution in [2.45, 2.75) is 13.0 Å². The molecule has 3 N–H and O–H groups in total. The van der Waals surface area contributed by atoms with E-state index < -0.39 is 6.04 Å². The zero-order valence-corrected chi connectivity index (χ0v) is 22.2. The number of carbonyl (C=O) groups is 2. The van der Waals surface area contributed by atoms with Crippen molar-refractivity contribution in [3.63, 3.8) is 0 Å². The van der Waals surface area contributed by atoms with Crippen LogP contribution in [-0.4, -0.2) is 35.8 Å². The molecule has 0 aliphatic carbocycles. The predicted octanol–water partition coefficient (Wildman–Crippen LogP) is 5.73. The van der Waals surface area contributed by atoms with Crippen LogP contribution >= 0.6 is 11.6 Å². The lowest BCUT2D eigenvalue weighted by atomic mass is 9.93. The van der Waals surface area contributed by atoms with Crippen molar-refractivity contribution >= 4 is 40.6 Å². The number of aromatic nitrogens is 2. The first-order valence-electron chi connectivity index (χ1n) is 12.1. The Balaban J connectivity index is 1.60. The number of nitrogens with zero attached hydrogens (tertiary/aromatic N) is 2. The zero-order chi connectivity index (χ0) is 27.5. The summed E-state index contributed by atoms with van der Waals surface area (Å²) in [5, 5.41) is 14.2. The fourth-order valence-corrected chi connectivity index (χ4v) is 4.63. The van der Waals surface area contributed by atoms with Crippen LogP contribution in [-0.2, 0) is 4.79 Å². The number of halogens is 1. The van der Waals surface area contributed by atoms with Crippen LogP contribution in [0.2, 0.25) is 5.02 Å². The van der Waals surface area contributed by atoms with Crippen LogP contribution in [0.4, 0.5) is 17.2 Å². The number of allylic oxidation sites excluding steroid dienone is 1. The van der Waals surface area contributed by atoms with Gasteiger partial charge in [-0.1, -0.05) is 29.8 Å². The molecule has 1 atom stereocenters. The molecule has 0 fully saturated rings. The summed E-state index contributed by atoms with van der Waals surface area (Å²) in [4.78, 5) is 27.0. The predicted molar refractivity (Wildman–Crippen MR) is 151 cm³/mol. The van der Waals surface area contributed by atoms with Crippen LogP contribution in [0.25, 0.3) is 0 Å². The minimum absolute atomic E-state index is 0.322. The lowest BCUT2D eigenvalue weighted by molar-refractivity contribution is -0.113. The van der Waals surface area contributed by atoms with Gasteiger partial charge in [-0.2, -0.15) is 5.10 Å². The van der Waals surface area contributed by atoms with E-state index in [9.17, 15) is 9.59 Å². The van der Waals surface area contributed by atoms with Crippen LogP contribution in [0.15, 0.2) is 90.3 Å². The maximum Gasteiger partial charge on any atom is 0.261 e. The van der Waals surface area contributed by atoms with Gasteiger partial charge in [0.15, 0.2) is 0 Å². The van der Waals surface area contributed by atoms with E-state index in [2.05, 4.69) is 21.0 Å². The standard InChI is InChI=1S/C29H26ClN5O4/c1-17-25(29(37)34-20-11-9-18(30)10-12-20)26(22-15-21(38-2)13-14-24(22)39-3)35-27(32-17)23(16-31-35)28(36)33-19-7-5-4-6-8-19/h4-16,26,32H,1-3H3,(H,33,36)(H,34,37)/t26-/m0/s1. The third kappa shape index (κ3) is 5.17. The number of hydrogen-bond acceptors (Lipinski definition) is 6. The largest absolute Gasteiger partial charge is 0.497 e. The van der Waals surface area contributed by atoms with Gasteiger partial charge in [-0.3, -0.25) is 9.59 Å². The molecule has 2 heterocycles. The van der Waals surface area contributed by atoms with Crippen molar-refractivity contribution in [2.75, 3.05) is 30.2 Å². The summed E-state index contributed by atoms with van der Waals surface area (Å²) in [5.41, 5.74) is 3.13. The Labute approximate surface area is 230 Å². The fourth-order valence-electron chi connectivity index (χ4n) is 4.51. The Morgan fingerprint density at radius 3 is 2.31 bits per heavy atom. The van der Waals surface area contributed by atoms with Crippen LogP contribution in [0, 0.1) is 0 Å². The van der Waals surface area contributed by atoms with Crippen molar-refractivity contribution in [3.05, 3.63) is 106 Å². The molecule has 0 saturated carbocycles. The van der Waals surface area contributed by atoms with Gasteiger partial charge in [0.05, 0.1) is 26.0 Å². The Morgan fingerprint density at radius 2 is 1.62 bits per heavy atom. The van der Waals surface area contributed by atoms with Crippen LogP contribution in [0.3, 0.4) is 0 Å². The minimum atomic E-state index is -0.739. The molecule has 39 heavy (non-hydrogen) atoms. The molecular weight excluding hydrogens is 518 g/mol. The summed E-state index contributed by atoms with van der Waals surface area (Å²) in [5.74, 6) is 0.861. The summed E-state index contributed by atoms with van der Waals surface area (Å²) in [6.45, 7) is 1.78. The summed E-state index contributed by atoms with van der Waals surface area (Å²) < 4.78 is 12.8. The van der Waals surface area contributed by atoms with E-state index in [4.69, 9.17) is 21.1 Å². The number of para-hydroxylation sites is 1. The van der Waals surface area contributed by atoms with Gasteiger partial charge in [-0.15, -0.1) is 0 Å². The molecule has 0 radical (unpaired) electrons. The average molecular weight is 544 g/mol. The SMILES string of the molecule is COc1ccc(OC)c([C@H]2C(C(=O)Nc3ccc(Cl)cc3)=C(C)Nc3c(C(=O)Nc4ccccc4)cnn32)c1. The first-order chi connectivity index (χ1) is 18.9. The van der Waals surface area contributed by atoms with Gasteiger partial charge in [0.1, 0.15) is 28.9 Å². The van der Waals surface area contributed by atoms with E-state index in [1.54, 1.807) is 80.4 Å². The number of ether oxygens (including phenoxy) is 2. The average Bonchev–Trinajstić information content (AvgIpc) is 3.37. The van der Waals surface area contributed by atoms with Crippen molar-refractivity contribution in [2.24, 2.45) is 0 Å². The number of amides is 2. The van der Waals surface area contributed by atoms with Crippen molar-refractivity contribution in [1.29, 1.82) is 0 Å². The summed E-state index contributed by atoms with van der Waals surface area (Å²) in [6, 6.07) is 20.6. The highest BCUT2D eigenvalue weighted by Crippen LogP contribution is 2.42. The Bertz CT molecular complexity index is 1560. The third-order valence-corrected chi connectivity index (χ3v) is 6.63. The van der Waals surface area contributed by atoms with E-state index in [0.29, 0.717) is 56.1 Å². The molecule has 4 aromatic rings. The topological polar surface area (TPSA) is 107 Å². The number of anilines is 3. The van der Waals surface area contributed by atoms with Gasteiger partial charge in [0.25, 0.3) is 11.8 Å². The molecule has 1 aliphatic heterocycles. The maximum atomic E-state index is 13.8. The first kappa shape index (κ1) is 25.9. The molecule has 9 nitrogen and oxygen atoms in total. The van der Waals surface area contributed by atoms with Crippen LogP contribution in [0.1, 0.15) is 28.9 Å². The smallest absolute Gasteiger partial charge is 0.261 e. The Kier molecular flexibility index (Phi) is 7.25. The fraction of sp³-hybridized carbons (Fsp3) is 0.138. The molecule has 5 rings (SSSR count). The second kappa shape index (κ2) is 10.9. The highest BCUT2D eigenvalue weighted by molar-refractivity contribution is 6.30. The number of hydrogen-bond donors (Lipinski definition) is 3. The molecule has 1 aliphatic rings. The highest BCUT2D eigenvalue weighted by Gasteiger charge is 2.37. The van der Waals surface area contributed by atoms with Crippen molar-refractivity contribution in [1.82, 2.24) is 9.78 Å². The minimum Gasteiger partial charge on any atom is -0.497 e. The van der Waals surface area contributed by atoms with E-state index in [-0.39, 0.29) is 11.8 Å². The van der Waals surface area contributed by atoms with Crippen molar-refractivity contribution in [3.8, 4) is 11.5 Å². The molecule has 2 amide bonds. The number of fused-ring (bicyclic) bond motifs is 1. The van der Waals surface area contributed by atoms with E-state index in [1.165, 1.54) is 6.20 Å². The number of benzene rings is 3. The summed E-state index contributed by atoms with van der Waals surface area (Å²) >= 11 is 6.02. The highest BCUT2D eigenvalue weighted by atomic mass is 35.5. The van der Waals surface area contributed by atoms with Gasteiger partial charge >= 0.3 is 0 Å². The van der Waals surface area contributed by atoms with E-state index in [0.717, 1.165) is 0 Å². The lowest BCUT2D eigenvalue weighted by Crippen LogP contribution is -2.32. The molecule has 198 valence electrons. The Hall–Kier alpha value is -4.76. The number of carbonyl (C=O) groups excluding carboxylic acids is 2. The van der Waals surface area contributed by atoms with Crippen LogP contribution < -0.4 is 25.4 Å². The van der Waals surface area contributed by atoms with Gasteiger partial charge in [-0.05, 0) is 61.5 Å². The summed E-state index contributed by atoms with van der Waals surface area (Å²) in [6.07, 6.45) is 1.48. The molecule has 1 aromatic heterocycles. The second-order valence-electron chi connectivity index (χ2n) is 8.81. The first-order valence-corrected chi connectivity index (χ1v) is 12.5. The maximum absolute atomic E-state index is 13.8. The quantitative estimate of drug-likeness (QED) is 0.275. The summed E-state index contributed by atoms with van der Waals surface area (Å²) in [7, 11) is 3.12. The lowest BCUT2D eigenvalue weighted by Gasteiger charge is -2.31. The van der Waals surface area contributed by atoms with Crippen LogP contribution in [0.5, 0.6) is 11.5 Å². The number of rotatable bonds is 7. The second-order valence-corrected chi connectivity index (χ2v) is 9.24. The van der Waals surface area contributed by atoms with Crippen molar-refractivity contribution < 1.29 is 19.1 Å². The van der Waals surface area contributed by atoms with Gasteiger partial charge in [-0.25, -0.2) is 4.68 Å². The van der Waals surface area contributed by atoms with E-state index in [1.807, 2.05) is 18.2 Å². The molecule has 10 heteroatoms. The molecule has 3 aromatic carbocycles. The van der Waals surface area contributed by atoms with Gasteiger partial charge in [0.2, 0.25) is 0 Å². The normalized spacial score (nSPS) is 14.2. The zero-order valence-electron chi connectivity index (χ0n) is 21.5.